The summed E-state index contributed by atoms with van der Waals surface area (Å²) in [6, 6.07) is 6.75. The largest absolute Gasteiger partial charge is 0.273 e. The number of hydrogen-bond acceptors (Lipinski definition) is 3. The molecule has 1 heterocycles. The second-order valence-corrected chi connectivity index (χ2v) is 4.53. The van der Waals surface area contributed by atoms with E-state index in [0.717, 1.165) is 4.90 Å². The van der Waals surface area contributed by atoms with Gasteiger partial charge in [-0.3, -0.25) is 14.5 Å². The number of benzene rings is 1. The van der Waals surface area contributed by atoms with E-state index in [9.17, 15) is 14.1 Å². The Labute approximate surface area is 110 Å². The smallest absolute Gasteiger partial charge is 0.266 e. The predicted molar refractivity (Wildman–Crippen MR) is 66.8 cm³/mol. The molecule has 2 rings (SSSR count). The van der Waals surface area contributed by atoms with Crippen molar-refractivity contribution in [3.05, 3.63) is 28.7 Å². The lowest BCUT2D eigenvalue weighted by atomic mass is 10.2. The molecule has 0 aliphatic carbocycles. The number of carbonyl (C=O) groups excluding carboxylic acids is 2. The second kappa shape index (κ2) is 4.50. The first-order valence-corrected chi connectivity index (χ1v) is 5.82. The fourth-order valence-corrected chi connectivity index (χ4v) is 2.21. The standard InChI is InChI=1S/C10H6BrFN2O2S/c11-6-3-1-2-4-7(6)13-8(15)5-9(16)14(12)10(13)17/h1-4H,5H2. The van der Waals surface area contributed by atoms with Crippen LogP contribution in [0.15, 0.2) is 28.7 Å². The summed E-state index contributed by atoms with van der Waals surface area (Å²) in [6.07, 6.45) is -0.530. The van der Waals surface area contributed by atoms with Crippen molar-refractivity contribution >= 4 is 50.8 Å². The molecule has 0 saturated carbocycles. The number of para-hydroxylation sites is 1. The van der Waals surface area contributed by atoms with E-state index in [4.69, 9.17) is 12.2 Å². The molecular formula is C10H6BrFN2O2S. The van der Waals surface area contributed by atoms with Crippen LogP contribution in [0.1, 0.15) is 6.42 Å². The van der Waals surface area contributed by atoms with Crippen LogP contribution in [0.25, 0.3) is 0 Å². The Kier molecular flexibility index (Phi) is 3.21. The fraction of sp³-hybridized carbons (Fsp3) is 0.100. The van der Waals surface area contributed by atoms with Gasteiger partial charge in [-0.25, -0.2) is 0 Å². The normalized spacial score (nSPS) is 16.7. The lowest BCUT2D eigenvalue weighted by molar-refractivity contribution is -0.142. The Morgan fingerprint density at radius 1 is 1.24 bits per heavy atom. The van der Waals surface area contributed by atoms with E-state index < -0.39 is 23.3 Å². The van der Waals surface area contributed by atoms with Crippen LogP contribution in [0, 0.1) is 0 Å². The van der Waals surface area contributed by atoms with Crippen molar-refractivity contribution < 1.29 is 14.1 Å². The van der Waals surface area contributed by atoms with E-state index in [1.807, 2.05) is 0 Å². The maximum atomic E-state index is 13.3. The Bertz CT molecular complexity index is 523. The Morgan fingerprint density at radius 3 is 2.53 bits per heavy atom. The van der Waals surface area contributed by atoms with E-state index in [-0.39, 0.29) is 5.12 Å². The first-order valence-electron chi connectivity index (χ1n) is 4.62. The molecule has 0 unspecified atom stereocenters. The van der Waals surface area contributed by atoms with Crippen LogP contribution in [-0.4, -0.2) is 22.0 Å². The molecule has 1 aromatic rings. The Balaban J connectivity index is 2.45. The summed E-state index contributed by atoms with van der Waals surface area (Å²) < 4.78 is 13.9. The van der Waals surface area contributed by atoms with Gasteiger partial charge in [0.1, 0.15) is 6.42 Å². The maximum absolute atomic E-state index is 13.3. The number of hydrogen-bond donors (Lipinski definition) is 0. The van der Waals surface area contributed by atoms with Gasteiger partial charge >= 0.3 is 0 Å². The minimum Gasteiger partial charge on any atom is -0.273 e. The van der Waals surface area contributed by atoms with Crippen LogP contribution < -0.4 is 4.90 Å². The third-order valence-electron chi connectivity index (χ3n) is 2.22. The van der Waals surface area contributed by atoms with Crippen molar-refractivity contribution in [2.45, 2.75) is 6.42 Å². The number of amides is 2. The van der Waals surface area contributed by atoms with Crippen molar-refractivity contribution in [2.24, 2.45) is 0 Å². The van der Waals surface area contributed by atoms with E-state index >= 15 is 0 Å². The highest BCUT2D eigenvalue weighted by Gasteiger charge is 2.37. The van der Waals surface area contributed by atoms with Gasteiger partial charge in [0.25, 0.3) is 5.91 Å². The summed E-state index contributed by atoms with van der Waals surface area (Å²) in [6.45, 7) is 0. The first-order chi connectivity index (χ1) is 8.02. The zero-order valence-electron chi connectivity index (χ0n) is 8.39. The summed E-state index contributed by atoms with van der Waals surface area (Å²) in [7, 11) is 0. The molecule has 1 aliphatic heterocycles. The lowest BCUT2D eigenvalue weighted by Crippen LogP contribution is -2.52. The molecule has 17 heavy (non-hydrogen) atoms. The quantitative estimate of drug-likeness (QED) is 0.453. The van der Waals surface area contributed by atoms with Crippen LogP contribution in [0.2, 0.25) is 0 Å². The van der Waals surface area contributed by atoms with Gasteiger partial charge in [0.15, 0.2) is 0 Å². The zero-order chi connectivity index (χ0) is 12.6. The molecule has 0 N–H and O–H groups in total. The monoisotopic (exact) mass is 316 g/mol. The number of carbonyl (C=O) groups is 2. The molecular weight excluding hydrogens is 311 g/mol. The van der Waals surface area contributed by atoms with Crippen LogP contribution in [0.5, 0.6) is 0 Å². The average molecular weight is 317 g/mol. The van der Waals surface area contributed by atoms with E-state index in [2.05, 4.69) is 15.9 Å². The number of rotatable bonds is 1. The number of nitrogens with zero attached hydrogens (tertiary/aromatic N) is 2. The predicted octanol–water partition coefficient (Wildman–Crippen LogP) is 2.18. The molecule has 1 aromatic carbocycles. The fourth-order valence-electron chi connectivity index (χ4n) is 1.45. The van der Waals surface area contributed by atoms with Crippen LogP contribution >= 0.6 is 28.1 Å². The molecule has 2 amide bonds. The molecule has 1 aliphatic rings. The van der Waals surface area contributed by atoms with Gasteiger partial charge in [-0.15, -0.1) is 5.12 Å². The van der Waals surface area contributed by atoms with Crippen molar-refractivity contribution in [3.8, 4) is 0 Å². The highest BCUT2D eigenvalue weighted by atomic mass is 79.9. The van der Waals surface area contributed by atoms with Gasteiger partial charge in [-0.1, -0.05) is 16.6 Å². The highest BCUT2D eigenvalue weighted by molar-refractivity contribution is 9.10. The van der Waals surface area contributed by atoms with Crippen molar-refractivity contribution in [1.29, 1.82) is 0 Å². The number of halogens is 2. The molecule has 7 heteroatoms. The highest BCUT2D eigenvalue weighted by Crippen LogP contribution is 2.29. The topological polar surface area (TPSA) is 40.6 Å². The van der Waals surface area contributed by atoms with Crippen molar-refractivity contribution in [3.63, 3.8) is 0 Å². The SMILES string of the molecule is O=C1CC(=O)N(c2ccccc2Br)C(=S)N1F. The van der Waals surface area contributed by atoms with Gasteiger partial charge in [0, 0.05) is 4.47 Å². The van der Waals surface area contributed by atoms with Gasteiger partial charge in [-0.05, 0) is 40.3 Å². The van der Waals surface area contributed by atoms with E-state index in [1.54, 1.807) is 24.3 Å². The minimum atomic E-state index is -0.941. The Hall–Kier alpha value is -1.34. The van der Waals surface area contributed by atoms with Gasteiger partial charge in [0.05, 0.1) is 5.69 Å². The summed E-state index contributed by atoms with van der Waals surface area (Å²) in [5.41, 5.74) is 0.414. The molecule has 0 aromatic heterocycles. The lowest BCUT2D eigenvalue weighted by Gasteiger charge is -2.30. The van der Waals surface area contributed by atoms with Crippen molar-refractivity contribution in [1.82, 2.24) is 5.12 Å². The van der Waals surface area contributed by atoms with E-state index in [0.29, 0.717) is 10.2 Å². The average Bonchev–Trinajstić information content (AvgIpc) is 2.29. The molecule has 0 radical (unpaired) electrons. The third-order valence-corrected chi connectivity index (χ3v) is 3.24. The molecule has 1 saturated heterocycles. The number of anilines is 1. The Morgan fingerprint density at radius 2 is 1.88 bits per heavy atom. The first kappa shape index (κ1) is 12.1. The van der Waals surface area contributed by atoms with Gasteiger partial charge < -0.3 is 0 Å². The van der Waals surface area contributed by atoms with Crippen LogP contribution in [-0.2, 0) is 9.59 Å². The molecule has 0 atom stereocenters. The molecule has 0 spiro atoms. The molecule has 0 bridgehead atoms. The van der Waals surface area contributed by atoms with E-state index in [1.165, 1.54) is 0 Å². The molecule has 4 nitrogen and oxygen atoms in total. The second-order valence-electron chi connectivity index (χ2n) is 3.31. The van der Waals surface area contributed by atoms with Crippen molar-refractivity contribution in [2.75, 3.05) is 4.90 Å². The van der Waals surface area contributed by atoms with Crippen LogP contribution in [0.3, 0.4) is 0 Å². The zero-order valence-corrected chi connectivity index (χ0v) is 10.8. The summed E-state index contributed by atoms with van der Waals surface area (Å²) >= 11 is 8.00. The minimum absolute atomic E-state index is 0.184. The summed E-state index contributed by atoms with van der Waals surface area (Å²) in [4.78, 5) is 23.8. The number of thiocarbonyl (C=S) groups is 1. The maximum Gasteiger partial charge on any atom is 0.266 e. The summed E-state index contributed by atoms with van der Waals surface area (Å²) in [5.74, 6) is -1.48. The third kappa shape index (κ3) is 2.07. The molecule has 1 fully saturated rings. The van der Waals surface area contributed by atoms with Crippen LogP contribution in [0.4, 0.5) is 10.2 Å². The van der Waals surface area contributed by atoms with Gasteiger partial charge in [0.2, 0.25) is 11.0 Å². The van der Waals surface area contributed by atoms with Gasteiger partial charge in [-0.2, -0.15) is 0 Å². The summed E-state index contributed by atoms with van der Waals surface area (Å²) in [5, 5.41) is -0.644. The molecule has 88 valence electrons.